The van der Waals surface area contributed by atoms with Crippen LogP contribution >= 0.6 is 0 Å². The molecule has 1 N–H and O–H groups in total. The van der Waals surface area contributed by atoms with E-state index in [-0.39, 0.29) is 0 Å². The summed E-state index contributed by atoms with van der Waals surface area (Å²) in [6.45, 7) is 0. The zero-order chi connectivity index (χ0) is 9.78. The molecule has 0 spiro atoms. The molecule has 0 aromatic carbocycles. The first-order valence-corrected chi connectivity index (χ1v) is 4.47. The van der Waals surface area contributed by atoms with Gasteiger partial charge in [-0.1, -0.05) is 0 Å². The maximum atomic E-state index is 10.4. The fraction of sp³-hybridized carbons (Fsp3) is 0.200. The zero-order valence-corrected chi connectivity index (χ0v) is 6.87. The van der Waals surface area contributed by atoms with E-state index in [9.17, 15) is 18.0 Å². The second-order valence-corrected chi connectivity index (χ2v) is 3.35. The molecule has 0 amide bonds. The molecule has 0 unspecified atom stereocenters. The van der Waals surface area contributed by atoms with E-state index in [0.29, 0.717) is 18.4 Å². The van der Waals surface area contributed by atoms with Crippen molar-refractivity contribution in [3.05, 3.63) is 12.2 Å². The van der Waals surface area contributed by atoms with E-state index < -0.39 is 22.1 Å². The van der Waals surface area contributed by atoms with Crippen molar-refractivity contribution in [1.29, 1.82) is 0 Å². The van der Waals surface area contributed by atoms with Gasteiger partial charge in [0, 0.05) is 12.2 Å². The van der Waals surface area contributed by atoms with E-state index in [4.69, 9.17) is 5.11 Å². The summed E-state index contributed by atoms with van der Waals surface area (Å²) in [4.78, 5) is 20.2. The van der Waals surface area contributed by atoms with E-state index in [2.05, 4.69) is 4.18 Å². The highest BCUT2D eigenvalue weighted by atomic mass is 32.2. The molecule has 0 aliphatic rings. The zero-order valence-electron chi connectivity index (χ0n) is 6.05. The van der Waals surface area contributed by atoms with Gasteiger partial charge < -0.3 is 9.29 Å². The van der Waals surface area contributed by atoms with Crippen molar-refractivity contribution in [1.82, 2.24) is 0 Å². The van der Waals surface area contributed by atoms with Gasteiger partial charge in [0.25, 0.3) is 0 Å². The fourth-order valence-electron chi connectivity index (χ4n) is 0.316. The van der Waals surface area contributed by atoms with Crippen molar-refractivity contribution in [2.45, 2.75) is 0 Å². The number of hydrogen-bond acceptors (Lipinski definition) is 5. The fourth-order valence-corrected chi connectivity index (χ4v) is 0.670. The SMILES string of the molecule is CS(=O)(=O)OC(=O)C=CC(=O)O. The molecule has 7 heteroatoms. The van der Waals surface area contributed by atoms with Crippen LogP contribution in [0.3, 0.4) is 0 Å². The molecule has 12 heavy (non-hydrogen) atoms. The molecular weight excluding hydrogens is 188 g/mol. The van der Waals surface area contributed by atoms with Crippen molar-refractivity contribution in [2.24, 2.45) is 0 Å². The van der Waals surface area contributed by atoms with Gasteiger partial charge >= 0.3 is 22.1 Å². The van der Waals surface area contributed by atoms with Crippen molar-refractivity contribution in [3.63, 3.8) is 0 Å². The third kappa shape index (κ3) is 6.75. The lowest BCUT2D eigenvalue weighted by Crippen LogP contribution is -2.08. The predicted octanol–water partition coefficient (Wildman–Crippen LogP) is -0.870. The number of rotatable bonds is 3. The molecule has 0 aliphatic heterocycles. The molecule has 68 valence electrons. The smallest absolute Gasteiger partial charge is 0.346 e. The Labute approximate surface area is 68.6 Å². The lowest BCUT2D eigenvalue weighted by atomic mass is 10.5. The molecule has 6 nitrogen and oxygen atoms in total. The summed E-state index contributed by atoms with van der Waals surface area (Å²) in [6.07, 6.45) is 1.66. The van der Waals surface area contributed by atoms with Gasteiger partial charge in [0.05, 0.1) is 6.26 Å². The third-order valence-electron chi connectivity index (χ3n) is 0.596. The highest BCUT2D eigenvalue weighted by molar-refractivity contribution is 7.86. The summed E-state index contributed by atoms with van der Waals surface area (Å²) in [6, 6.07) is 0. The topological polar surface area (TPSA) is 97.7 Å². The van der Waals surface area contributed by atoms with Crippen LogP contribution in [-0.4, -0.2) is 31.7 Å². The molecule has 0 aromatic heterocycles. The number of carboxylic acids is 1. The van der Waals surface area contributed by atoms with E-state index >= 15 is 0 Å². The summed E-state index contributed by atoms with van der Waals surface area (Å²) in [5.41, 5.74) is 0. The summed E-state index contributed by atoms with van der Waals surface area (Å²) in [5.74, 6) is -2.60. The minimum Gasteiger partial charge on any atom is -0.478 e. The second kappa shape index (κ2) is 3.86. The molecule has 0 rings (SSSR count). The average Bonchev–Trinajstić information content (AvgIpc) is 1.79. The lowest BCUT2D eigenvalue weighted by Gasteiger charge is -1.94. The standard InChI is InChI=1S/C5H6O6S/c1-12(9,10)11-5(8)3-2-4(6)7/h2-3H,1H3,(H,6,7). The van der Waals surface area contributed by atoms with Crippen molar-refractivity contribution >= 4 is 22.1 Å². The first-order valence-electron chi connectivity index (χ1n) is 2.65. The minimum atomic E-state index is -3.86. The molecular formula is C5H6O6S. The Morgan fingerprint density at radius 2 is 1.83 bits per heavy atom. The van der Waals surface area contributed by atoms with Crippen molar-refractivity contribution in [2.75, 3.05) is 6.26 Å². The van der Waals surface area contributed by atoms with Crippen LogP contribution in [0.25, 0.3) is 0 Å². The van der Waals surface area contributed by atoms with Crippen molar-refractivity contribution < 1.29 is 27.3 Å². The Balaban J connectivity index is 4.18. The van der Waals surface area contributed by atoms with Crippen LogP contribution in [-0.2, 0) is 23.9 Å². The van der Waals surface area contributed by atoms with Crippen molar-refractivity contribution in [3.8, 4) is 0 Å². The summed E-state index contributed by atoms with van der Waals surface area (Å²) in [7, 11) is -3.86. The molecule has 0 aromatic rings. The van der Waals surface area contributed by atoms with Gasteiger partial charge in [-0.05, 0) is 0 Å². The Kier molecular flexibility index (Phi) is 3.42. The van der Waals surface area contributed by atoms with Crippen LogP contribution in [0.1, 0.15) is 0 Å². The molecule has 0 atom stereocenters. The molecule has 0 saturated carbocycles. The van der Waals surface area contributed by atoms with Crippen LogP contribution in [0, 0.1) is 0 Å². The van der Waals surface area contributed by atoms with E-state index in [1.165, 1.54) is 0 Å². The second-order valence-electron chi connectivity index (χ2n) is 1.78. The van der Waals surface area contributed by atoms with Gasteiger partial charge in [-0.15, -0.1) is 0 Å². The maximum absolute atomic E-state index is 10.4. The van der Waals surface area contributed by atoms with Gasteiger partial charge in [-0.25, -0.2) is 9.59 Å². The maximum Gasteiger partial charge on any atom is 0.346 e. The normalized spacial score (nSPS) is 11.4. The number of carboxylic acid groups (broad SMARTS) is 1. The summed E-state index contributed by atoms with van der Waals surface area (Å²) < 4.78 is 24.3. The molecule has 0 radical (unpaired) electrons. The first-order chi connectivity index (χ1) is 5.31. The Morgan fingerprint density at radius 3 is 2.17 bits per heavy atom. The van der Waals surface area contributed by atoms with Gasteiger partial charge in [-0.3, -0.25) is 0 Å². The van der Waals surface area contributed by atoms with Gasteiger partial charge in [0.1, 0.15) is 0 Å². The minimum absolute atomic E-state index is 0.480. The number of aliphatic carboxylic acids is 1. The van der Waals surface area contributed by atoms with Crippen LogP contribution < -0.4 is 0 Å². The number of carbonyl (C=O) groups excluding carboxylic acids is 1. The molecule has 0 fully saturated rings. The molecule has 0 bridgehead atoms. The summed E-state index contributed by atoms with van der Waals surface area (Å²) in [5, 5.41) is 8.02. The summed E-state index contributed by atoms with van der Waals surface area (Å²) >= 11 is 0. The van der Waals surface area contributed by atoms with E-state index in [1.807, 2.05) is 0 Å². The Bertz CT molecular complexity index is 311. The van der Waals surface area contributed by atoms with Gasteiger partial charge in [-0.2, -0.15) is 8.42 Å². The van der Waals surface area contributed by atoms with Gasteiger partial charge in [0.2, 0.25) is 0 Å². The van der Waals surface area contributed by atoms with Crippen LogP contribution in [0.5, 0.6) is 0 Å². The van der Waals surface area contributed by atoms with Crippen LogP contribution in [0.2, 0.25) is 0 Å². The average molecular weight is 194 g/mol. The van der Waals surface area contributed by atoms with Gasteiger partial charge in [0.15, 0.2) is 0 Å². The van der Waals surface area contributed by atoms with Crippen LogP contribution in [0.15, 0.2) is 12.2 Å². The number of hydrogen-bond donors (Lipinski definition) is 1. The Morgan fingerprint density at radius 1 is 1.33 bits per heavy atom. The van der Waals surface area contributed by atoms with E-state index in [1.54, 1.807) is 0 Å². The molecule has 0 saturated heterocycles. The Hall–Kier alpha value is -1.37. The first kappa shape index (κ1) is 10.6. The highest BCUT2D eigenvalue weighted by Gasteiger charge is 2.07. The third-order valence-corrected chi connectivity index (χ3v) is 1.06. The predicted molar refractivity (Wildman–Crippen MR) is 37.7 cm³/mol. The lowest BCUT2D eigenvalue weighted by molar-refractivity contribution is -0.133. The molecule has 0 heterocycles. The quantitative estimate of drug-likeness (QED) is 0.463. The monoisotopic (exact) mass is 194 g/mol. The highest BCUT2D eigenvalue weighted by Crippen LogP contribution is 1.89. The van der Waals surface area contributed by atoms with Crippen LogP contribution in [0.4, 0.5) is 0 Å². The van der Waals surface area contributed by atoms with E-state index in [0.717, 1.165) is 0 Å². The largest absolute Gasteiger partial charge is 0.478 e. The number of carbonyl (C=O) groups is 2. The molecule has 0 aliphatic carbocycles.